The minimum atomic E-state index is -4.70. The summed E-state index contributed by atoms with van der Waals surface area (Å²) in [4.78, 5) is 27.9. The van der Waals surface area contributed by atoms with Gasteiger partial charge in [0.2, 0.25) is 5.91 Å². The summed E-state index contributed by atoms with van der Waals surface area (Å²) >= 11 is 0. The lowest BCUT2D eigenvalue weighted by Crippen LogP contribution is -2.41. The van der Waals surface area contributed by atoms with Crippen molar-refractivity contribution in [2.75, 3.05) is 26.7 Å². The van der Waals surface area contributed by atoms with Gasteiger partial charge in [0.15, 0.2) is 6.61 Å². The van der Waals surface area contributed by atoms with Crippen molar-refractivity contribution in [1.29, 1.82) is 0 Å². The van der Waals surface area contributed by atoms with Crippen molar-refractivity contribution in [3.8, 4) is 5.75 Å². The van der Waals surface area contributed by atoms with E-state index in [4.69, 9.17) is 9.84 Å². The first-order chi connectivity index (χ1) is 13.6. The summed E-state index contributed by atoms with van der Waals surface area (Å²) in [6.45, 7) is 3.81. The second kappa shape index (κ2) is 11.2. The van der Waals surface area contributed by atoms with Gasteiger partial charge in [0.05, 0.1) is 12.2 Å². The Hall–Kier alpha value is -2.88. The number of amides is 2. The molecule has 1 aromatic carbocycles. The van der Waals surface area contributed by atoms with Gasteiger partial charge < -0.3 is 15.2 Å². The molecule has 0 spiro atoms. The molecule has 0 saturated heterocycles. The molecule has 0 bridgehead atoms. The van der Waals surface area contributed by atoms with E-state index in [-0.39, 0.29) is 32.7 Å². The van der Waals surface area contributed by atoms with E-state index >= 15 is 0 Å². The largest absolute Gasteiger partial charge is 0.484 e. The topological polar surface area (TPSA) is 91.2 Å². The molecule has 0 aliphatic rings. The van der Waals surface area contributed by atoms with Crippen molar-refractivity contribution in [1.82, 2.24) is 10.2 Å². The van der Waals surface area contributed by atoms with Crippen LogP contribution >= 0.6 is 0 Å². The summed E-state index contributed by atoms with van der Waals surface area (Å²) in [6, 6.07) is 6.54. The number of hydrogen-bond donors (Lipinski definition) is 2. The fraction of sp³-hybridized carbons (Fsp3) is 0.421. The SMILES string of the molecule is C=C(C(=NC)N(CCCNC(=O)COc1ccc(CO)cc1)C(C)=O)C(F)(F)F. The van der Waals surface area contributed by atoms with Gasteiger partial charge in [0.25, 0.3) is 5.91 Å². The zero-order chi connectivity index (χ0) is 22.0. The van der Waals surface area contributed by atoms with Gasteiger partial charge in [-0.3, -0.25) is 19.5 Å². The van der Waals surface area contributed by atoms with E-state index < -0.39 is 29.4 Å². The number of halogens is 3. The Morgan fingerprint density at radius 1 is 1.28 bits per heavy atom. The number of carbonyl (C=O) groups is 2. The van der Waals surface area contributed by atoms with Gasteiger partial charge in [-0.2, -0.15) is 13.2 Å². The molecular weight excluding hydrogens is 391 g/mol. The third kappa shape index (κ3) is 7.94. The minimum absolute atomic E-state index is 0.0686. The van der Waals surface area contributed by atoms with Gasteiger partial charge in [-0.1, -0.05) is 18.7 Å². The Labute approximate surface area is 166 Å². The summed E-state index contributed by atoms with van der Waals surface area (Å²) < 4.78 is 43.9. The first kappa shape index (κ1) is 24.2. The zero-order valence-corrected chi connectivity index (χ0v) is 16.3. The van der Waals surface area contributed by atoms with Crippen LogP contribution in [-0.4, -0.2) is 60.6 Å². The van der Waals surface area contributed by atoms with Crippen molar-refractivity contribution < 1.29 is 32.6 Å². The molecule has 29 heavy (non-hydrogen) atoms. The van der Waals surface area contributed by atoms with Crippen LogP contribution < -0.4 is 10.1 Å². The van der Waals surface area contributed by atoms with Crippen LogP contribution in [0.3, 0.4) is 0 Å². The van der Waals surface area contributed by atoms with Crippen LogP contribution in [0.2, 0.25) is 0 Å². The Balaban J connectivity index is 2.47. The normalized spacial score (nSPS) is 11.7. The highest BCUT2D eigenvalue weighted by Gasteiger charge is 2.37. The van der Waals surface area contributed by atoms with Crippen molar-refractivity contribution in [2.24, 2.45) is 4.99 Å². The third-order valence-corrected chi connectivity index (χ3v) is 3.82. The highest BCUT2D eigenvalue weighted by atomic mass is 19.4. The van der Waals surface area contributed by atoms with E-state index in [9.17, 15) is 22.8 Å². The van der Waals surface area contributed by atoms with Crippen LogP contribution in [0.25, 0.3) is 0 Å². The Morgan fingerprint density at radius 3 is 2.38 bits per heavy atom. The summed E-state index contributed by atoms with van der Waals surface area (Å²) in [5.41, 5.74) is -0.500. The van der Waals surface area contributed by atoms with Crippen molar-refractivity contribution in [3.63, 3.8) is 0 Å². The van der Waals surface area contributed by atoms with E-state index in [2.05, 4.69) is 16.9 Å². The van der Waals surface area contributed by atoms with Crippen LogP contribution in [0, 0.1) is 0 Å². The Morgan fingerprint density at radius 2 is 1.90 bits per heavy atom. The number of amidine groups is 1. The predicted octanol–water partition coefficient (Wildman–Crippen LogP) is 2.06. The highest BCUT2D eigenvalue weighted by molar-refractivity contribution is 6.07. The van der Waals surface area contributed by atoms with Crippen molar-refractivity contribution in [2.45, 2.75) is 26.1 Å². The molecule has 0 saturated carbocycles. The molecule has 0 atom stereocenters. The minimum Gasteiger partial charge on any atom is -0.484 e. The van der Waals surface area contributed by atoms with E-state index in [1.165, 1.54) is 0 Å². The van der Waals surface area contributed by atoms with Crippen molar-refractivity contribution >= 4 is 17.6 Å². The molecular formula is C19H24F3N3O4. The van der Waals surface area contributed by atoms with E-state index in [1.54, 1.807) is 24.3 Å². The summed E-state index contributed by atoms with van der Waals surface area (Å²) in [5.74, 6) is -1.13. The van der Waals surface area contributed by atoms with E-state index in [0.29, 0.717) is 11.3 Å². The zero-order valence-electron chi connectivity index (χ0n) is 16.3. The molecule has 1 aromatic rings. The Bertz CT molecular complexity index is 746. The summed E-state index contributed by atoms with van der Waals surface area (Å²) in [7, 11) is 1.15. The number of nitrogens with one attached hydrogen (secondary N) is 1. The molecule has 0 fully saturated rings. The second-order valence-corrected chi connectivity index (χ2v) is 5.99. The number of aliphatic imine (C=N–C) groups is 1. The van der Waals surface area contributed by atoms with Crippen LogP contribution in [-0.2, 0) is 16.2 Å². The fourth-order valence-corrected chi connectivity index (χ4v) is 2.31. The maximum absolute atomic E-state index is 12.9. The lowest BCUT2D eigenvalue weighted by molar-refractivity contribution is -0.125. The average Bonchev–Trinajstić information content (AvgIpc) is 2.67. The molecule has 7 nitrogen and oxygen atoms in total. The maximum atomic E-state index is 12.9. The van der Waals surface area contributed by atoms with Crippen LogP contribution in [0.1, 0.15) is 18.9 Å². The fourth-order valence-electron chi connectivity index (χ4n) is 2.31. The number of aliphatic hydroxyl groups is 1. The summed E-state index contributed by atoms with van der Waals surface area (Å²) in [5, 5.41) is 11.5. The van der Waals surface area contributed by atoms with Gasteiger partial charge in [0, 0.05) is 27.1 Å². The summed E-state index contributed by atoms with van der Waals surface area (Å²) in [6.07, 6.45) is -4.50. The number of benzene rings is 1. The monoisotopic (exact) mass is 415 g/mol. The van der Waals surface area contributed by atoms with Gasteiger partial charge >= 0.3 is 6.18 Å². The first-order valence-corrected chi connectivity index (χ1v) is 8.70. The number of aliphatic hydroxyl groups excluding tert-OH is 1. The molecule has 2 amide bonds. The molecule has 1 rings (SSSR count). The van der Waals surface area contributed by atoms with Crippen LogP contribution in [0.5, 0.6) is 5.75 Å². The van der Waals surface area contributed by atoms with Crippen LogP contribution in [0.15, 0.2) is 41.4 Å². The highest BCUT2D eigenvalue weighted by Crippen LogP contribution is 2.26. The van der Waals surface area contributed by atoms with E-state index in [1.807, 2.05) is 0 Å². The quantitative estimate of drug-likeness (QED) is 0.367. The Kier molecular flexibility index (Phi) is 9.33. The molecule has 0 aromatic heterocycles. The van der Waals surface area contributed by atoms with Gasteiger partial charge in [-0.25, -0.2) is 0 Å². The molecule has 0 radical (unpaired) electrons. The van der Waals surface area contributed by atoms with Gasteiger partial charge in [-0.05, 0) is 24.1 Å². The number of ether oxygens (including phenoxy) is 1. The molecule has 0 aliphatic heterocycles. The predicted molar refractivity (Wildman–Crippen MR) is 101 cm³/mol. The first-order valence-electron chi connectivity index (χ1n) is 8.70. The maximum Gasteiger partial charge on any atom is 0.419 e. The number of hydrogen-bond acceptors (Lipinski definition) is 5. The number of carbonyl (C=O) groups excluding carboxylic acids is 2. The standard InChI is InChI=1S/C19H24F3N3O4/c1-13(19(20,21)22)18(23-3)25(14(2)27)10-4-9-24-17(28)12-29-16-7-5-15(11-26)6-8-16/h5-8,26H,1,4,9-12H2,2-3H3,(H,24,28). The van der Waals surface area contributed by atoms with Gasteiger partial charge in [-0.15, -0.1) is 0 Å². The number of nitrogens with zero attached hydrogens (tertiary/aromatic N) is 2. The molecule has 0 unspecified atom stereocenters. The van der Waals surface area contributed by atoms with Crippen molar-refractivity contribution in [3.05, 3.63) is 42.0 Å². The molecule has 10 heteroatoms. The second-order valence-electron chi connectivity index (χ2n) is 5.99. The molecule has 160 valence electrons. The smallest absolute Gasteiger partial charge is 0.419 e. The lowest BCUT2D eigenvalue weighted by atomic mass is 10.2. The average molecular weight is 415 g/mol. The van der Waals surface area contributed by atoms with Gasteiger partial charge in [0.1, 0.15) is 11.6 Å². The number of rotatable bonds is 9. The molecule has 0 heterocycles. The van der Waals surface area contributed by atoms with Crippen LogP contribution in [0.4, 0.5) is 13.2 Å². The third-order valence-electron chi connectivity index (χ3n) is 3.82. The molecule has 0 aliphatic carbocycles. The number of alkyl halides is 3. The molecule has 2 N–H and O–H groups in total. The lowest BCUT2D eigenvalue weighted by Gasteiger charge is -2.25. The van der Waals surface area contributed by atoms with E-state index in [0.717, 1.165) is 18.9 Å².